The highest BCUT2D eigenvalue weighted by Crippen LogP contribution is 2.44. The monoisotopic (exact) mass is 257 g/mol. The van der Waals surface area contributed by atoms with E-state index in [0.29, 0.717) is 12.0 Å². The molecule has 1 N–H and O–H groups in total. The van der Waals surface area contributed by atoms with Gasteiger partial charge in [0.15, 0.2) is 0 Å². The minimum Gasteiger partial charge on any atom is -0.317 e. The van der Waals surface area contributed by atoms with E-state index in [-0.39, 0.29) is 0 Å². The number of hydrogen-bond donors (Lipinski definition) is 1. The van der Waals surface area contributed by atoms with Gasteiger partial charge in [-0.25, -0.2) is 4.68 Å². The number of hydrogen-bond acceptors (Lipinski definition) is 4. The van der Waals surface area contributed by atoms with Gasteiger partial charge in [0.25, 0.3) is 0 Å². The van der Waals surface area contributed by atoms with Crippen molar-refractivity contribution >= 4 is 0 Å². The van der Waals surface area contributed by atoms with E-state index < -0.39 is 0 Å². The number of nitrogens with one attached hydrogen (secondary N) is 1. The third-order valence-electron chi connectivity index (χ3n) is 4.30. The summed E-state index contributed by atoms with van der Waals surface area (Å²) in [5.41, 5.74) is 2.43. The molecule has 19 heavy (non-hydrogen) atoms. The Bertz CT molecular complexity index is 537. The smallest absolute Gasteiger partial charge is 0.143 e. The molecule has 1 saturated carbocycles. The van der Waals surface area contributed by atoms with E-state index >= 15 is 0 Å². The summed E-state index contributed by atoms with van der Waals surface area (Å²) < 4.78 is 1.71. The number of aromatic nitrogens is 4. The lowest BCUT2D eigenvalue weighted by molar-refractivity contribution is 0.169. The highest BCUT2D eigenvalue weighted by Gasteiger charge is 2.39. The molecule has 0 spiro atoms. The fourth-order valence-electron chi connectivity index (χ4n) is 3.17. The second kappa shape index (κ2) is 5.09. The molecule has 0 amide bonds. The van der Waals surface area contributed by atoms with Crippen molar-refractivity contribution in [3.8, 4) is 5.69 Å². The topological polar surface area (TPSA) is 55.6 Å². The summed E-state index contributed by atoms with van der Waals surface area (Å²) >= 11 is 0. The van der Waals surface area contributed by atoms with Crippen LogP contribution in [-0.2, 0) is 0 Å². The molecule has 3 atom stereocenters. The Morgan fingerprint density at radius 3 is 3.00 bits per heavy atom. The van der Waals surface area contributed by atoms with Gasteiger partial charge in [-0.3, -0.25) is 0 Å². The van der Waals surface area contributed by atoms with Crippen LogP contribution in [0.5, 0.6) is 0 Å². The third kappa shape index (κ3) is 2.14. The first-order valence-corrected chi connectivity index (χ1v) is 6.84. The highest BCUT2D eigenvalue weighted by molar-refractivity contribution is 5.37. The Hall–Kier alpha value is -1.75. The molecule has 0 radical (unpaired) electrons. The molecule has 1 heterocycles. The van der Waals surface area contributed by atoms with Crippen molar-refractivity contribution in [1.82, 2.24) is 25.5 Å². The van der Waals surface area contributed by atoms with Crippen LogP contribution >= 0.6 is 0 Å². The zero-order valence-electron chi connectivity index (χ0n) is 11.3. The standard InChI is InChI=1S/C14H19N5/c1-3-12-13(8-14(12)15-2)10-5-4-6-11(7-10)19-9-16-17-18-19/h4-7,9,12-15H,3,8H2,1-2H3. The zero-order valence-corrected chi connectivity index (χ0v) is 11.3. The van der Waals surface area contributed by atoms with E-state index in [0.717, 1.165) is 11.6 Å². The molecule has 100 valence electrons. The minimum absolute atomic E-state index is 0.652. The van der Waals surface area contributed by atoms with Gasteiger partial charge in [0.05, 0.1) is 5.69 Å². The zero-order chi connectivity index (χ0) is 13.2. The lowest BCUT2D eigenvalue weighted by atomic mass is 9.65. The van der Waals surface area contributed by atoms with Crippen LogP contribution in [0.15, 0.2) is 30.6 Å². The summed E-state index contributed by atoms with van der Waals surface area (Å²) in [6, 6.07) is 9.20. The maximum Gasteiger partial charge on any atom is 0.143 e. The number of tetrazole rings is 1. The molecular formula is C14H19N5. The summed E-state index contributed by atoms with van der Waals surface area (Å²) in [5.74, 6) is 1.38. The molecule has 1 fully saturated rings. The van der Waals surface area contributed by atoms with Gasteiger partial charge in [-0.05, 0) is 53.4 Å². The summed E-state index contributed by atoms with van der Waals surface area (Å²) in [6.45, 7) is 2.27. The van der Waals surface area contributed by atoms with Gasteiger partial charge in [0.2, 0.25) is 0 Å². The van der Waals surface area contributed by atoms with Crippen molar-refractivity contribution < 1.29 is 0 Å². The SMILES string of the molecule is CCC1C(NC)CC1c1cccc(-n2cnnn2)c1. The van der Waals surface area contributed by atoms with Crippen molar-refractivity contribution in [2.45, 2.75) is 31.7 Å². The van der Waals surface area contributed by atoms with Crippen molar-refractivity contribution in [2.75, 3.05) is 7.05 Å². The molecule has 0 aliphatic heterocycles. The van der Waals surface area contributed by atoms with Gasteiger partial charge < -0.3 is 5.32 Å². The van der Waals surface area contributed by atoms with Gasteiger partial charge in [-0.2, -0.15) is 0 Å². The maximum atomic E-state index is 3.94. The average molecular weight is 257 g/mol. The second-order valence-corrected chi connectivity index (χ2v) is 5.16. The minimum atomic E-state index is 0.652. The molecular weight excluding hydrogens is 238 g/mol. The third-order valence-corrected chi connectivity index (χ3v) is 4.30. The molecule has 2 aromatic rings. The predicted octanol–water partition coefficient (Wildman–Crippen LogP) is 1.76. The highest BCUT2D eigenvalue weighted by atomic mass is 15.5. The Morgan fingerprint density at radius 1 is 1.42 bits per heavy atom. The molecule has 5 heteroatoms. The summed E-state index contributed by atoms with van der Waals surface area (Å²) in [4.78, 5) is 0. The Balaban J connectivity index is 1.85. The molecule has 0 bridgehead atoms. The van der Waals surface area contributed by atoms with E-state index in [9.17, 15) is 0 Å². The first-order valence-electron chi connectivity index (χ1n) is 6.84. The van der Waals surface area contributed by atoms with Gasteiger partial charge in [0, 0.05) is 6.04 Å². The fourth-order valence-corrected chi connectivity index (χ4v) is 3.17. The van der Waals surface area contributed by atoms with Crippen LogP contribution in [0, 0.1) is 5.92 Å². The first-order chi connectivity index (χ1) is 9.33. The summed E-state index contributed by atoms with van der Waals surface area (Å²) in [5, 5.41) is 14.7. The molecule has 1 aromatic carbocycles. The van der Waals surface area contributed by atoms with Crippen molar-refractivity contribution in [2.24, 2.45) is 5.92 Å². The van der Waals surface area contributed by atoms with E-state index in [1.807, 2.05) is 6.07 Å². The van der Waals surface area contributed by atoms with Crippen LogP contribution in [0.1, 0.15) is 31.2 Å². The Morgan fingerprint density at radius 2 is 2.32 bits per heavy atom. The molecule has 3 unspecified atom stereocenters. The van der Waals surface area contributed by atoms with Crippen LogP contribution < -0.4 is 5.32 Å². The molecule has 1 aliphatic rings. The number of rotatable bonds is 4. The van der Waals surface area contributed by atoms with Gasteiger partial charge >= 0.3 is 0 Å². The van der Waals surface area contributed by atoms with Crippen molar-refractivity contribution in [3.05, 3.63) is 36.2 Å². The quantitative estimate of drug-likeness (QED) is 0.907. The number of nitrogens with zero attached hydrogens (tertiary/aromatic N) is 4. The fraction of sp³-hybridized carbons (Fsp3) is 0.500. The van der Waals surface area contributed by atoms with E-state index in [1.165, 1.54) is 18.4 Å². The van der Waals surface area contributed by atoms with Crippen LogP contribution in [0.2, 0.25) is 0 Å². The lowest BCUT2D eigenvalue weighted by Gasteiger charge is -2.45. The summed E-state index contributed by atoms with van der Waals surface area (Å²) in [6.07, 6.45) is 4.06. The molecule has 1 aliphatic carbocycles. The largest absolute Gasteiger partial charge is 0.317 e. The molecule has 0 saturated heterocycles. The normalized spacial score (nSPS) is 26.1. The summed E-state index contributed by atoms with van der Waals surface area (Å²) in [7, 11) is 2.06. The van der Waals surface area contributed by atoms with E-state index in [1.54, 1.807) is 11.0 Å². The average Bonchev–Trinajstić information content (AvgIpc) is 2.93. The van der Waals surface area contributed by atoms with Crippen molar-refractivity contribution in [3.63, 3.8) is 0 Å². The van der Waals surface area contributed by atoms with Gasteiger partial charge in [-0.15, -0.1) is 5.10 Å². The van der Waals surface area contributed by atoms with Gasteiger partial charge in [-0.1, -0.05) is 25.5 Å². The van der Waals surface area contributed by atoms with Crippen LogP contribution in [0.25, 0.3) is 5.69 Å². The lowest BCUT2D eigenvalue weighted by Crippen LogP contribution is -2.47. The predicted molar refractivity (Wildman–Crippen MR) is 73.1 cm³/mol. The Labute approximate surface area is 113 Å². The molecule has 1 aromatic heterocycles. The first kappa shape index (κ1) is 12.3. The second-order valence-electron chi connectivity index (χ2n) is 5.16. The van der Waals surface area contributed by atoms with Crippen LogP contribution in [0.3, 0.4) is 0 Å². The Kier molecular flexibility index (Phi) is 3.29. The maximum absolute atomic E-state index is 3.94. The molecule has 5 nitrogen and oxygen atoms in total. The molecule has 3 rings (SSSR count). The van der Waals surface area contributed by atoms with E-state index in [4.69, 9.17) is 0 Å². The number of benzene rings is 1. The van der Waals surface area contributed by atoms with Crippen molar-refractivity contribution in [1.29, 1.82) is 0 Å². The van der Waals surface area contributed by atoms with Crippen LogP contribution in [-0.4, -0.2) is 33.3 Å². The van der Waals surface area contributed by atoms with E-state index in [2.05, 4.69) is 53.0 Å². The van der Waals surface area contributed by atoms with Gasteiger partial charge in [0.1, 0.15) is 6.33 Å². The van der Waals surface area contributed by atoms with Crippen LogP contribution in [0.4, 0.5) is 0 Å².